The number of hydrogen-bond donors (Lipinski definition) is 4. The number of methoxy groups -OCH3 is 1. The van der Waals surface area contributed by atoms with Crippen molar-refractivity contribution >= 4 is 24.4 Å². The average Bonchev–Trinajstić information content (AvgIpc) is 3.57. The summed E-state index contributed by atoms with van der Waals surface area (Å²) in [5.41, 5.74) is -1.76. The molecule has 4 rings (SSSR count). The number of aromatic amines is 2. The largest absolute Gasteiger partial charge is 0.468 e. The van der Waals surface area contributed by atoms with E-state index in [2.05, 4.69) is 19.8 Å². The SMILES string of the molecule is COC(=O)CNP(=S)(OC[C@@H]1C=C[C@H](n2cc(C)c(=O)[nH]c2=O)O1)O[C@H]1C[C@H](n2cc(C)c(=O)[nH]c2=O)O[C@@H]1CO. The van der Waals surface area contributed by atoms with Crippen LogP contribution in [0.25, 0.3) is 0 Å². The second kappa shape index (κ2) is 12.9. The van der Waals surface area contributed by atoms with E-state index < -0.39 is 72.5 Å². The summed E-state index contributed by atoms with van der Waals surface area (Å²) in [6, 6.07) is 0. The van der Waals surface area contributed by atoms with Crippen LogP contribution in [0.1, 0.15) is 30.0 Å². The van der Waals surface area contributed by atoms with Gasteiger partial charge < -0.3 is 28.4 Å². The van der Waals surface area contributed by atoms with E-state index in [-0.39, 0.29) is 25.1 Å². The number of rotatable bonds is 11. The Bertz CT molecular complexity index is 1600. The van der Waals surface area contributed by atoms with Gasteiger partial charge in [0, 0.05) is 29.9 Å². The van der Waals surface area contributed by atoms with Crippen molar-refractivity contribution in [2.24, 2.45) is 0 Å². The lowest BCUT2D eigenvalue weighted by Gasteiger charge is -2.28. The predicted molar refractivity (Wildman–Crippen MR) is 146 cm³/mol. The molecule has 18 heteroatoms. The number of aryl methyl sites for hydroxylation is 2. The lowest BCUT2D eigenvalue weighted by Crippen LogP contribution is -2.34. The molecule has 0 saturated carbocycles. The number of hydrogen-bond acceptors (Lipinski definition) is 12. The van der Waals surface area contributed by atoms with Gasteiger partial charge in [-0.1, -0.05) is 6.08 Å². The van der Waals surface area contributed by atoms with Crippen LogP contribution in [-0.4, -0.2) is 75.4 Å². The Morgan fingerprint density at radius 2 is 1.73 bits per heavy atom. The summed E-state index contributed by atoms with van der Waals surface area (Å²) in [4.78, 5) is 64.3. The first-order chi connectivity index (χ1) is 19.4. The average molecular weight is 616 g/mol. The maximum absolute atomic E-state index is 12.4. The van der Waals surface area contributed by atoms with Crippen molar-refractivity contribution in [3.05, 3.63) is 77.3 Å². The highest BCUT2D eigenvalue weighted by atomic mass is 32.5. The lowest BCUT2D eigenvalue weighted by molar-refractivity contribution is -0.139. The predicted octanol–water partition coefficient (Wildman–Crippen LogP) is -1.17. The second-order valence-corrected chi connectivity index (χ2v) is 12.5. The number of carbonyl (C=O) groups is 1. The van der Waals surface area contributed by atoms with Crippen LogP contribution in [0.5, 0.6) is 0 Å². The minimum Gasteiger partial charge on any atom is -0.468 e. The quantitative estimate of drug-likeness (QED) is 0.134. The number of esters is 1. The Balaban J connectivity index is 1.47. The van der Waals surface area contributed by atoms with Gasteiger partial charge in [0.05, 0.1) is 26.4 Å². The fourth-order valence-electron chi connectivity index (χ4n) is 4.16. The van der Waals surface area contributed by atoms with Crippen molar-refractivity contribution in [2.45, 2.75) is 51.0 Å². The number of nitrogens with one attached hydrogen (secondary N) is 3. The van der Waals surface area contributed by atoms with E-state index in [1.165, 1.54) is 35.6 Å². The van der Waals surface area contributed by atoms with Crippen molar-refractivity contribution in [2.75, 3.05) is 26.9 Å². The molecule has 4 heterocycles. The van der Waals surface area contributed by atoms with Gasteiger partial charge in [-0.2, -0.15) is 0 Å². The third-order valence-electron chi connectivity index (χ3n) is 6.37. The Morgan fingerprint density at radius 1 is 1.10 bits per heavy atom. The fourth-order valence-corrected chi connectivity index (χ4v) is 6.34. The van der Waals surface area contributed by atoms with Gasteiger partial charge in [-0.25, -0.2) is 14.7 Å². The number of carbonyl (C=O) groups excluding carboxylic acids is 1. The summed E-state index contributed by atoms with van der Waals surface area (Å²) in [5.74, 6) is -0.633. The molecule has 4 N–H and O–H groups in total. The minimum atomic E-state index is -3.49. The zero-order valence-electron chi connectivity index (χ0n) is 22.3. The lowest BCUT2D eigenvalue weighted by atomic mass is 10.2. The molecule has 16 nitrogen and oxygen atoms in total. The van der Waals surface area contributed by atoms with E-state index in [1.54, 1.807) is 19.1 Å². The molecular formula is C23H30N5O11PS. The molecule has 1 saturated heterocycles. The Kier molecular flexibility index (Phi) is 9.71. The standard InChI is InChI=1S/C23H30N5O11PS/c1-12-8-27(22(33)25-20(12)31)17-5-4-14(37-17)11-36-40(41,24-7-19(30)35-3)39-15-6-18(38-16(15)10-29)28-9-13(2)21(32)26-23(28)34/h4-5,8-9,14-18,29H,6-7,10-11H2,1-3H3,(H,24,41)(H,25,31,33)(H,26,32,34)/t14-,15-,16+,17+,18+,40?/m0/s1. The van der Waals surface area contributed by atoms with Crippen LogP contribution in [0.15, 0.2) is 43.7 Å². The number of H-pyrrole nitrogens is 2. The van der Waals surface area contributed by atoms with Gasteiger partial charge in [0.2, 0.25) is 0 Å². The van der Waals surface area contributed by atoms with Gasteiger partial charge in [-0.3, -0.25) is 33.5 Å². The Morgan fingerprint density at radius 3 is 2.37 bits per heavy atom. The van der Waals surface area contributed by atoms with Crippen LogP contribution in [0.4, 0.5) is 0 Å². The van der Waals surface area contributed by atoms with Gasteiger partial charge in [0.25, 0.3) is 17.8 Å². The van der Waals surface area contributed by atoms with Gasteiger partial charge in [0.15, 0.2) is 6.23 Å². The van der Waals surface area contributed by atoms with E-state index in [0.29, 0.717) is 5.56 Å². The molecule has 41 heavy (non-hydrogen) atoms. The summed E-state index contributed by atoms with van der Waals surface area (Å²) < 4.78 is 30.8. The molecule has 0 amide bonds. The van der Waals surface area contributed by atoms with Crippen LogP contribution in [0.3, 0.4) is 0 Å². The third kappa shape index (κ3) is 7.25. The maximum Gasteiger partial charge on any atom is 0.330 e. The molecule has 0 spiro atoms. The number of aromatic nitrogens is 4. The monoisotopic (exact) mass is 615 g/mol. The molecule has 2 aliphatic heterocycles. The van der Waals surface area contributed by atoms with Gasteiger partial charge in [-0.15, -0.1) is 0 Å². The highest BCUT2D eigenvalue weighted by Gasteiger charge is 2.41. The smallest absolute Gasteiger partial charge is 0.330 e. The molecule has 1 unspecified atom stereocenters. The topological polar surface area (TPSA) is 205 Å². The van der Waals surface area contributed by atoms with Crippen molar-refractivity contribution in [3.8, 4) is 0 Å². The normalized spacial score (nSPS) is 25.3. The number of aliphatic hydroxyl groups excluding tert-OH is 1. The van der Waals surface area contributed by atoms with Crippen molar-refractivity contribution in [1.82, 2.24) is 24.2 Å². The van der Waals surface area contributed by atoms with Gasteiger partial charge in [0.1, 0.15) is 25.0 Å². The van der Waals surface area contributed by atoms with E-state index in [4.69, 9.17) is 30.3 Å². The molecule has 2 aromatic heterocycles. The highest BCUT2D eigenvalue weighted by Crippen LogP contribution is 2.49. The molecule has 0 aliphatic carbocycles. The molecule has 6 atom stereocenters. The first kappa shape index (κ1) is 30.9. The van der Waals surface area contributed by atoms with E-state index in [0.717, 1.165) is 0 Å². The minimum absolute atomic E-state index is 0.0641. The number of ether oxygens (including phenoxy) is 3. The molecular weight excluding hydrogens is 585 g/mol. The maximum atomic E-state index is 12.4. The summed E-state index contributed by atoms with van der Waals surface area (Å²) in [7, 11) is 1.20. The van der Waals surface area contributed by atoms with Crippen LogP contribution in [0.2, 0.25) is 0 Å². The van der Waals surface area contributed by atoms with E-state index in [1.807, 2.05) is 0 Å². The molecule has 1 fully saturated rings. The molecule has 0 aromatic carbocycles. The van der Waals surface area contributed by atoms with Gasteiger partial charge >= 0.3 is 17.3 Å². The Hall–Kier alpha value is -3.02. The third-order valence-corrected chi connectivity index (χ3v) is 8.91. The number of nitrogens with zero attached hydrogens (tertiary/aromatic N) is 2. The van der Waals surface area contributed by atoms with Crippen molar-refractivity contribution < 1.29 is 33.2 Å². The van der Waals surface area contributed by atoms with Crippen LogP contribution in [-0.2, 0) is 39.9 Å². The van der Waals surface area contributed by atoms with Crippen LogP contribution >= 0.6 is 6.64 Å². The summed E-state index contributed by atoms with van der Waals surface area (Å²) >= 11 is 5.65. The highest BCUT2D eigenvalue weighted by molar-refractivity contribution is 8.09. The first-order valence-corrected chi connectivity index (χ1v) is 15.1. The van der Waals surface area contributed by atoms with E-state index >= 15 is 0 Å². The molecule has 0 bridgehead atoms. The number of aliphatic hydroxyl groups is 1. The summed E-state index contributed by atoms with van der Waals surface area (Å²) in [6.07, 6.45) is 1.91. The zero-order valence-corrected chi connectivity index (χ0v) is 24.0. The van der Waals surface area contributed by atoms with Crippen molar-refractivity contribution in [1.29, 1.82) is 0 Å². The van der Waals surface area contributed by atoms with Crippen LogP contribution < -0.4 is 27.6 Å². The fraction of sp³-hybridized carbons (Fsp3) is 0.522. The molecule has 2 aliphatic rings. The van der Waals surface area contributed by atoms with Crippen molar-refractivity contribution in [3.63, 3.8) is 0 Å². The second-order valence-electron chi connectivity index (χ2n) is 9.30. The molecule has 0 radical (unpaired) electrons. The summed E-state index contributed by atoms with van der Waals surface area (Å²) in [6.45, 7) is -1.36. The van der Waals surface area contributed by atoms with Gasteiger partial charge in [-0.05, 0) is 31.7 Å². The summed E-state index contributed by atoms with van der Waals surface area (Å²) in [5, 5.41) is 12.7. The van der Waals surface area contributed by atoms with Crippen LogP contribution in [0, 0.1) is 13.8 Å². The zero-order chi connectivity index (χ0) is 29.9. The molecule has 224 valence electrons. The first-order valence-electron chi connectivity index (χ1n) is 12.4. The van der Waals surface area contributed by atoms with E-state index in [9.17, 15) is 29.1 Å². The Labute approximate surface area is 237 Å². The molecule has 2 aromatic rings.